The lowest BCUT2D eigenvalue weighted by Crippen LogP contribution is -2.29. The number of allylic oxidation sites excluding steroid dienone is 3. The molecule has 0 aromatic rings. The minimum atomic E-state index is -0.0751. The average molecular weight is 208 g/mol. The van der Waals surface area contributed by atoms with Crippen molar-refractivity contribution < 1.29 is 4.79 Å². The number of thioether (sulfide) groups is 1. The molecule has 0 saturated heterocycles. The standard InChI is InChI=1S/C10H12N2OS/c1-7-3-4-9(5-11)10(12-7)14-6-8(2)13/h3-4,10,12H,6H2,1-2H3. The van der Waals surface area contributed by atoms with Crippen LogP contribution in [-0.4, -0.2) is 16.9 Å². The van der Waals surface area contributed by atoms with Crippen LogP contribution in [0.15, 0.2) is 23.4 Å². The highest BCUT2D eigenvalue weighted by Crippen LogP contribution is 2.21. The molecule has 3 nitrogen and oxygen atoms in total. The third-order valence-corrected chi connectivity index (χ3v) is 3.01. The number of nitrogens with zero attached hydrogens (tertiary/aromatic N) is 1. The van der Waals surface area contributed by atoms with E-state index in [2.05, 4.69) is 11.4 Å². The predicted octanol–water partition coefficient (Wildman–Crippen LogP) is 1.59. The van der Waals surface area contributed by atoms with Crippen LogP contribution in [0.2, 0.25) is 0 Å². The summed E-state index contributed by atoms with van der Waals surface area (Å²) in [7, 11) is 0. The van der Waals surface area contributed by atoms with Crippen LogP contribution in [0.5, 0.6) is 0 Å². The third-order valence-electron chi connectivity index (χ3n) is 1.74. The fraction of sp³-hybridized carbons (Fsp3) is 0.400. The van der Waals surface area contributed by atoms with E-state index in [1.807, 2.05) is 13.0 Å². The van der Waals surface area contributed by atoms with Gasteiger partial charge in [0, 0.05) is 5.70 Å². The molecule has 1 heterocycles. The molecule has 1 N–H and O–H groups in total. The highest BCUT2D eigenvalue weighted by atomic mass is 32.2. The molecule has 0 aliphatic carbocycles. The average Bonchev–Trinajstić information content (AvgIpc) is 2.15. The van der Waals surface area contributed by atoms with Crippen LogP contribution >= 0.6 is 11.8 Å². The van der Waals surface area contributed by atoms with Crippen molar-refractivity contribution in [1.82, 2.24) is 5.32 Å². The molecule has 0 saturated carbocycles. The van der Waals surface area contributed by atoms with Crippen LogP contribution in [0.25, 0.3) is 0 Å². The lowest BCUT2D eigenvalue weighted by molar-refractivity contribution is -0.114. The number of dihydropyridines is 1. The van der Waals surface area contributed by atoms with Gasteiger partial charge in [0.05, 0.1) is 17.4 Å². The quantitative estimate of drug-likeness (QED) is 0.765. The number of hydrogen-bond acceptors (Lipinski definition) is 4. The van der Waals surface area contributed by atoms with Crippen molar-refractivity contribution in [2.45, 2.75) is 19.2 Å². The number of ketones is 1. The summed E-state index contributed by atoms with van der Waals surface area (Å²) >= 11 is 1.45. The van der Waals surface area contributed by atoms with Crippen molar-refractivity contribution in [2.24, 2.45) is 0 Å². The second-order valence-electron chi connectivity index (χ2n) is 3.12. The van der Waals surface area contributed by atoms with E-state index in [0.29, 0.717) is 11.3 Å². The molecule has 1 atom stereocenters. The minimum Gasteiger partial charge on any atom is -0.372 e. The van der Waals surface area contributed by atoms with Crippen LogP contribution in [0.1, 0.15) is 13.8 Å². The fourth-order valence-electron chi connectivity index (χ4n) is 1.06. The Labute approximate surface area is 87.9 Å². The van der Waals surface area contributed by atoms with Gasteiger partial charge in [-0.05, 0) is 26.0 Å². The minimum absolute atomic E-state index is 0.0751. The molecule has 1 unspecified atom stereocenters. The SMILES string of the molecule is CC(=O)CSC1NC(C)=CC=C1C#N. The lowest BCUT2D eigenvalue weighted by atomic mass is 10.2. The van der Waals surface area contributed by atoms with Gasteiger partial charge in [-0.2, -0.15) is 5.26 Å². The second-order valence-corrected chi connectivity index (χ2v) is 4.21. The van der Waals surface area contributed by atoms with Crippen LogP contribution < -0.4 is 5.32 Å². The molecule has 4 heteroatoms. The second kappa shape index (κ2) is 4.87. The Hall–Kier alpha value is -1.21. The van der Waals surface area contributed by atoms with Crippen molar-refractivity contribution in [3.63, 3.8) is 0 Å². The molecule has 0 amide bonds. The first-order chi connectivity index (χ1) is 6.63. The Morgan fingerprint density at radius 2 is 2.43 bits per heavy atom. The molecule has 14 heavy (non-hydrogen) atoms. The van der Waals surface area contributed by atoms with Gasteiger partial charge >= 0.3 is 0 Å². The van der Waals surface area contributed by atoms with E-state index >= 15 is 0 Å². The monoisotopic (exact) mass is 208 g/mol. The molecule has 1 rings (SSSR count). The van der Waals surface area contributed by atoms with E-state index in [1.165, 1.54) is 11.8 Å². The van der Waals surface area contributed by atoms with Gasteiger partial charge in [0.1, 0.15) is 11.2 Å². The Bertz CT molecular complexity index is 339. The van der Waals surface area contributed by atoms with Gasteiger partial charge in [-0.3, -0.25) is 4.79 Å². The summed E-state index contributed by atoms with van der Waals surface area (Å²) in [6, 6.07) is 2.12. The fourth-order valence-corrected chi connectivity index (χ4v) is 2.04. The summed E-state index contributed by atoms with van der Waals surface area (Å²) in [6.45, 7) is 3.49. The number of nitrogens with one attached hydrogen (secondary N) is 1. The van der Waals surface area contributed by atoms with Crippen molar-refractivity contribution in [3.8, 4) is 6.07 Å². The Balaban J connectivity index is 2.62. The van der Waals surface area contributed by atoms with Crippen molar-refractivity contribution in [3.05, 3.63) is 23.4 Å². The van der Waals surface area contributed by atoms with E-state index in [4.69, 9.17) is 5.26 Å². The zero-order chi connectivity index (χ0) is 10.6. The van der Waals surface area contributed by atoms with Gasteiger partial charge in [-0.25, -0.2) is 0 Å². The molecule has 0 spiro atoms. The van der Waals surface area contributed by atoms with Gasteiger partial charge in [-0.1, -0.05) is 0 Å². The summed E-state index contributed by atoms with van der Waals surface area (Å²) in [5.74, 6) is 0.561. The third kappa shape index (κ3) is 2.93. The number of Topliss-reactive ketones (excluding diaryl/α,β-unsaturated/α-hetero) is 1. The van der Waals surface area contributed by atoms with Gasteiger partial charge < -0.3 is 5.32 Å². The topological polar surface area (TPSA) is 52.9 Å². The van der Waals surface area contributed by atoms with Gasteiger partial charge in [-0.15, -0.1) is 11.8 Å². The van der Waals surface area contributed by atoms with Crippen molar-refractivity contribution in [1.29, 1.82) is 5.26 Å². The molecule has 0 fully saturated rings. The number of hydrogen-bond donors (Lipinski definition) is 1. The normalized spacial score (nSPS) is 20.2. The Morgan fingerprint density at radius 1 is 1.71 bits per heavy atom. The Kier molecular flexibility index (Phi) is 3.78. The van der Waals surface area contributed by atoms with E-state index in [9.17, 15) is 4.79 Å². The van der Waals surface area contributed by atoms with Crippen LogP contribution in [0.4, 0.5) is 0 Å². The molecule has 74 valence electrons. The molecule has 0 aromatic heterocycles. The number of nitriles is 1. The summed E-state index contributed by atoms with van der Waals surface area (Å²) < 4.78 is 0. The van der Waals surface area contributed by atoms with Gasteiger partial charge in [0.15, 0.2) is 0 Å². The highest BCUT2D eigenvalue weighted by molar-refractivity contribution is 8.00. The number of rotatable bonds is 3. The molecule has 1 aliphatic rings. The molecule has 0 radical (unpaired) electrons. The van der Waals surface area contributed by atoms with E-state index < -0.39 is 0 Å². The first kappa shape index (κ1) is 10.9. The first-order valence-corrected chi connectivity index (χ1v) is 5.34. The largest absolute Gasteiger partial charge is 0.372 e. The van der Waals surface area contributed by atoms with Crippen molar-refractivity contribution >= 4 is 17.5 Å². The highest BCUT2D eigenvalue weighted by Gasteiger charge is 2.17. The summed E-state index contributed by atoms with van der Waals surface area (Å²) in [6.07, 6.45) is 3.66. The molecular formula is C10H12N2OS. The maximum atomic E-state index is 10.8. The van der Waals surface area contributed by atoms with Crippen LogP contribution in [0, 0.1) is 11.3 Å². The summed E-state index contributed by atoms with van der Waals surface area (Å²) in [5, 5.41) is 11.9. The zero-order valence-electron chi connectivity index (χ0n) is 8.20. The number of carbonyl (C=O) groups excluding carboxylic acids is 1. The van der Waals surface area contributed by atoms with E-state index in [-0.39, 0.29) is 11.2 Å². The maximum Gasteiger partial charge on any atom is 0.139 e. The van der Waals surface area contributed by atoms with E-state index in [0.717, 1.165) is 5.70 Å². The van der Waals surface area contributed by atoms with E-state index in [1.54, 1.807) is 13.0 Å². The maximum absolute atomic E-state index is 10.8. The number of carbonyl (C=O) groups is 1. The first-order valence-electron chi connectivity index (χ1n) is 4.29. The van der Waals surface area contributed by atoms with Crippen molar-refractivity contribution in [2.75, 3.05) is 5.75 Å². The molecule has 0 aromatic carbocycles. The molecular weight excluding hydrogens is 196 g/mol. The van der Waals surface area contributed by atoms with Crippen LogP contribution in [0.3, 0.4) is 0 Å². The predicted molar refractivity (Wildman–Crippen MR) is 57.5 cm³/mol. The molecule has 1 aliphatic heterocycles. The van der Waals surface area contributed by atoms with Crippen LogP contribution in [-0.2, 0) is 4.79 Å². The zero-order valence-corrected chi connectivity index (χ0v) is 9.02. The summed E-state index contributed by atoms with van der Waals surface area (Å²) in [5.41, 5.74) is 1.69. The van der Waals surface area contributed by atoms with Gasteiger partial charge in [0.25, 0.3) is 0 Å². The smallest absolute Gasteiger partial charge is 0.139 e. The molecule has 0 bridgehead atoms. The Morgan fingerprint density at radius 3 is 3.00 bits per heavy atom. The van der Waals surface area contributed by atoms with Gasteiger partial charge in [0.2, 0.25) is 0 Å². The lowest BCUT2D eigenvalue weighted by Gasteiger charge is -2.21. The summed E-state index contributed by atoms with van der Waals surface area (Å²) in [4.78, 5) is 10.8.